The topological polar surface area (TPSA) is 30.3 Å². The van der Waals surface area contributed by atoms with E-state index >= 15 is 0 Å². The number of aromatic nitrogens is 2. The third kappa shape index (κ3) is 3.80. The molecule has 19 heavy (non-hydrogen) atoms. The zero-order valence-corrected chi connectivity index (χ0v) is 13.5. The summed E-state index contributed by atoms with van der Waals surface area (Å²) in [4.78, 5) is 2.46. The van der Waals surface area contributed by atoms with Crippen LogP contribution < -0.4 is 0 Å². The lowest BCUT2D eigenvalue weighted by Gasteiger charge is -2.33. The van der Waals surface area contributed by atoms with Crippen LogP contribution in [0, 0.1) is 0 Å². The molecule has 1 aliphatic rings. The maximum atomic E-state index is 5.52. The predicted octanol–water partition coefficient (Wildman–Crippen LogP) is 2.84. The Labute approximate surface area is 124 Å². The highest BCUT2D eigenvalue weighted by atomic mass is 79.9. The van der Waals surface area contributed by atoms with Crippen LogP contribution in [-0.4, -0.2) is 45.8 Å². The molecule has 2 rings (SSSR count). The highest BCUT2D eigenvalue weighted by Gasteiger charge is 2.22. The van der Waals surface area contributed by atoms with Gasteiger partial charge >= 0.3 is 0 Å². The highest BCUT2D eigenvalue weighted by Crippen LogP contribution is 2.17. The van der Waals surface area contributed by atoms with Crippen LogP contribution in [0.15, 0.2) is 12.3 Å². The number of nitrogens with zero attached hydrogens (tertiary/aromatic N) is 3. The molecule has 0 N–H and O–H groups in total. The first kappa shape index (κ1) is 15.0. The molecule has 0 radical (unpaired) electrons. The van der Waals surface area contributed by atoms with Crippen molar-refractivity contribution < 1.29 is 4.74 Å². The van der Waals surface area contributed by atoms with Gasteiger partial charge in [0.25, 0.3) is 0 Å². The van der Waals surface area contributed by atoms with Crippen molar-refractivity contribution in [2.45, 2.75) is 45.3 Å². The maximum Gasteiger partial charge on any atom is 0.0765 e. The Balaban J connectivity index is 1.98. The number of morpholine rings is 1. The third-order valence-corrected chi connectivity index (χ3v) is 4.62. The summed E-state index contributed by atoms with van der Waals surface area (Å²) >= 11 is 3.57. The van der Waals surface area contributed by atoms with E-state index in [2.05, 4.69) is 51.6 Å². The second kappa shape index (κ2) is 7.41. The molecule has 0 aromatic carbocycles. The van der Waals surface area contributed by atoms with Gasteiger partial charge in [-0.25, -0.2) is 0 Å². The highest BCUT2D eigenvalue weighted by molar-refractivity contribution is 9.09. The number of rotatable bonds is 6. The molecule has 1 aliphatic heterocycles. The van der Waals surface area contributed by atoms with E-state index in [-0.39, 0.29) is 0 Å². The molecule has 1 aromatic heterocycles. The van der Waals surface area contributed by atoms with Gasteiger partial charge in [0, 0.05) is 30.7 Å². The van der Waals surface area contributed by atoms with E-state index in [4.69, 9.17) is 9.84 Å². The number of halogens is 1. The van der Waals surface area contributed by atoms with Crippen LogP contribution in [0.25, 0.3) is 0 Å². The Morgan fingerprint density at radius 3 is 2.95 bits per heavy atom. The second-order valence-electron chi connectivity index (χ2n) is 5.11. The standard InChI is InChI=1S/C14H24BrN3O/c1-3-13(4-2)18-6-5-12(16-18)10-17-7-8-19-11-14(17)9-15/h5-6,13-14H,3-4,7-11H2,1-2H3. The molecule has 1 unspecified atom stereocenters. The summed E-state index contributed by atoms with van der Waals surface area (Å²) in [5.41, 5.74) is 1.17. The average molecular weight is 330 g/mol. The number of alkyl halides is 1. The first-order valence-corrected chi connectivity index (χ1v) is 8.32. The molecule has 4 nitrogen and oxygen atoms in total. The normalized spacial score (nSPS) is 21.2. The minimum atomic E-state index is 0.465. The summed E-state index contributed by atoms with van der Waals surface area (Å²) in [6.07, 6.45) is 4.40. The molecular formula is C14H24BrN3O. The molecular weight excluding hydrogens is 306 g/mol. The van der Waals surface area contributed by atoms with Crippen molar-refractivity contribution in [3.63, 3.8) is 0 Å². The lowest BCUT2D eigenvalue weighted by molar-refractivity contribution is -0.00276. The predicted molar refractivity (Wildman–Crippen MR) is 80.7 cm³/mol. The van der Waals surface area contributed by atoms with Crippen LogP contribution >= 0.6 is 15.9 Å². The van der Waals surface area contributed by atoms with E-state index in [0.717, 1.165) is 44.5 Å². The fourth-order valence-electron chi connectivity index (χ4n) is 2.58. The van der Waals surface area contributed by atoms with Gasteiger partial charge in [-0.05, 0) is 18.9 Å². The smallest absolute Gasteiger partial charge is 0.0765 e. The summed E-state index contributed by atoms with van der Waals surface area (Å²) in [5.74, 6) is 0. The summed E-state index contributed by atoms with van der Waals surface area (Å²) in [5, 5.41) is 5.69. The maximum absolute atomic E-state index is 5.52. The van der Waals surface area contributed by atoms with E-state index in [9.17, 15) is 0 Å². The Hall–Kier alpha value is -0.390. The molecule has 1 atom stereocenters. The first-order chi connectivity index (χ1) is 9.28. The van der Waals surface area contributed by atoms with E-state index in [1.807, 2.05) is 0 Å². The van der Waals surface area contributed by atoms with E-state index in [0.29, 0.717) is 12.1 Å². The molecule has 0 spiro atoms. The molecule has 1 aromatic rings. The fraction of sp³-hybridized carbons (Fsp3) is 0.786. The van der Waals surface area contributed by atoms with E-state index in [1.54, 1.807) is 0 Å². The van der Waals surface area contributed by atoms with Gasteiger partial charge in [-0.15, -0.1) is 0 Å². The Morgan fingerprint density at radius 1 is 1.47 bits per heavy atom. The van der Waals surface area contributed by atoms with Crippen molar-refractivity contribution in [3.05, 3.63) is 18.0 Å². The van der Waals surface area contributed by atoms with Gasteiger partial charge in [-0.1, -0.05) is 29.8 Å². The van der Waals surface area contributed by atoms with Crippen molar-refractivity contribution in [2.75, 3.05) is 25.1 Å². The molecule has 1 fully saturated rings. The van der Waals surface area contributed by atoms with Gasteiger partial charge in [-0.2, -0.15) is 5.10 Å². The summed E-state index contributed by atoms with van der Waals surface area (Å²) in [6.45, 7) is 8.01. The SMILES string of the molecule is CCC(CC)n1ccc(CN2CCOCC2CBr)n1. The average Bonchev–Trinajstić information content (AvgIpc) is 2.89. The van der Waals surface area contributed by atoms with E-state index < -0.39 is 0 Å². The minimum Gasteiger partial charge on any atom is -0.378 e. The summed E-state index contributed by atoms with van der Waals surface area (Å²) in [6, 6.07) is 3.15. The van der Waals surface area contributed by atoms with Gasteiger partial charge in [0.05, 0.1) is 24.9 Å². The quantitative estimate of drug-likeness (QED) is 0.752. The first-order valence-electron chi connectivity index (χ1n) is 7.20. The van der Waals surface area contributed by atoms with Crippen LogP contribution in [0.1, 0.15) is 38.4 Å². The Morgan fingerprint density at radius 2 is 2.26 bits per heavy atom. The lowest BCUT2D eigenvalue weighted by atomic mass is 10.2. The van der Waals surface area contributed by atoms with Gasteiger partial charge in [-0.3, -0.25) is 9.58 Å². The number of hydrogen-bond acceptors (Lipinski definition) is 3. The van der Waals surface area contributed by atoms with Crippen LogP contribution in [0.2, 0.25) is 0 Å². The van der Waals surface area contributed by atoms with Crippen LogP contribution in [0.5, 0.6) is 0 Å². The van der Waals surface area contributed by atoms with Gasteiger partial charge < -0.3 is 4.74 Å². The van der Waals surface area contributed by atoms with E-state index in [1.165, 1.54) is 5.69 Å². The van der Waals surface area contributed by atoms with Crippen molar-refractivity contribution in [2.24, 2.45) is 0 Å². The molecule has 0 aliphatic carbocycles. The molecule has 1 saturated heterocycles. The largest absolute Gasteiger partial charge is 0.378 e. The zero-order valence-electron chi connectivity index (χ0n) is 11.9. The van der Waals surface area contributed by atoms with Crippen LogP contribution in [-0.2, 0) is 11.3 Å². The third-order valence-electron chi connectivity index (χ3n) is 3.87. The van der Waals surface area contributed by atoms with Crippen molar-refractivity contribution in [3.8, 4) is 0 Å². The van der Waals surface area contributed by atoms with Crippen molar-refractivity contribution in [1.82, 2.24) is 14.7 Å². The monoisotopic (exact) mass is 329 g/mol. The van der Waals surface area contributed by atoms with Crippen molar-refractivity contribution in [1.29, 1.82) is 0 Å². The van der Waals surface area contributed by atoms with Gasteiger partial charge in [0.1, 0.15) is 0 Å². The summed E-state index contributed by atoms with van der Waals surface area (Å²) < 4.78 is 7.65. The molecule has 0 saturated carbocycles. The molecule has 0 amide bonds. The van der Waals surface area contributed by atoms with Gasteiger partial charge in [0.15, 0.2) is 0 Å². The Bertz CT molecular complexity index is 379. The molecule has 108 valence electrons. The summed E-state index contributed by atoms with van der Waals surface area (Å²) in [7, 11) is 0. The van der Waals surface area contributed by atoms with Crippen LogP contribution in [0.4, 0.5) is 0 Å². The second-order valence-corrected chi connectivity index (χ2v) is 5.76. The Kier molecular flexibility index (Phi) is 5.85. The van der Waals surface area contributed by atoms with Crippen LogP contribution in [0.3, 0.4) is 0 Å². The van der Waals surface area contributed by atoms with Crippen molar-refractivity contribution >= 4 is 15.9 Å². The number of hydrogen-bond donors (Lipinski definition) is 0. The molecule has 2 heterocycles. The fourth-order valence-corrected chi connectivity index (χ4v) is 3.17. The number of ether oxygens (including phenoxy) is 1. The molecule has 5 heteroatoms. The van der Waals surface area contributed by atoms with Gasteiger partial charge in [0.2, 0.25) is 0 Å². The minimum absolute atomic E-state index is 0.465. The molecule has 0 bridgehead atoms. The lowest BCUT2D eigenvalue weighted by Crippen LogP contribution is -2.45. The zero-order chi connectivity index (χ0) is 13.7.